The molecule has 1 heterocycles. The van der Waals surface area contributed by atoms with Gasteiger partial charge in [0.2, 0.25) is 0 Å². The summed E-state index contributed by atoms with van der Waals surface area (Å²) in [5, 5.41) is 7.79. The van der Waals surface area contributed by atoms with Gasteiger partial charge in [0.05, 0.1) is 19.9 Å². The van der Waals surface area contributed by atoms with Crippen LogP contribution in [0, 0.1) is 0 Å². The lowest BCUT2D eigenvalue weighted by Gasteiger charge is -2.12. The summed E-state index contributed by atoms with van der Waals surface area (Å²) in [6.45, 7) is 1.47. The quantitative estimate of drug-likeness (QED) is 0.725. The molecule has 0 atom stereocenters. The van der Waals surface area contributed by atoms with Crippen LogP contribution in [0.4, 0.5) is 0 Å². The van der Waals surface area contributed by atoms with Gasteiger partial charge in [-0.15, -0.1) is 0 Å². The number of rotatable bonds is 7. The fourth-order valence-electron chi connectivity index (χ4n) is 2.61. The van der Waals surface area contributed by atoms with E-state index in [2.05, 4.69) is 22.5 Å². The third-order valence-electron chi connectivity index (χ3n) is 3.80. The molecule has 0 bridgehead atoms. The fraction of sp³-hybridized carbons (Fsp3) is 0.211. The molecule has 3 aromatic rings. The van der Waals surface area contributed by atoms with Crippen molar-refractivity contribution in [3.05, 3.63) is 72.1 Å². The Balaban J connectivity index is 1.69. The van der Waals surface area contributed by atoms with Crippen LogP contribution in [0.15, 0.2) is 60.9 Å². The lowest BCUT2D eigenvalue weighted by molar-refractivity contribution is 0.393. The Kier molecular flexibility index (Phi) is 5.13. The summed E-state index contributed by atoms with van der Waals surface area (Å²) in [7, 11) is 3.32. The molecule has 1 aromatic heterocycles. The number of methoxy groups -OCH3 is 2. The number of hydrogen-bond acceptors (Lipinski definition) is 4. The third kappa shape index (κ3) is 3.75. The average molecular weight is 323 g/mol. The van der Waals surface area contributed by atoms with E-state index in [1.54, 1.807) is 20.4 Å². The van der Waals surface area contributed by atoms with E-state index in [0.29, 0.717) is 0 Å². The van der Waals surface area contributed by atoms with E-state index < -0.39 is 0 Å². The molecule has 0 saturated carbocycles. The summed E-state index contributed by atoms with van der Waals surface area (Å²) in [5.41, 5.74) is 3.39. The van der Waals surface area contributed by atoms with E-state index in [1.165, 1.54) is 5.56 Å². The molecule has 5 nitrogen and oxygen atoms in total. The summed E-state index contributed by atoms with van der Waals surface area (Å²) in [5.74, 6) is 1.59. The van der Waals surface area contributed by atoms with Crippen molar-refractivity contribution in [3.8, 4) is 17.2 Å². The standard InChI is InChI=1S/C19H21N3O2/c1-23-17-10-15(11-18(12-17)24-2)13-20-14-16-6-3-4-7-19(16)22-9-5-8-21-22/h3-12,20H,13-14H2,1-2H3. The monoisotopic (exact) mass is 323 g/mol. The van der Waals surface area contributed by atoms with Crippen molar-refractivity contribution >= 4 is 0 Å². The predicted octanol–water partition coefficient (Wildman–Crippen LogP) is 3.18. The molecule has 0 unspecified atom stereocenters. The molecule has 0 fully saturated rings. The average Bonchev–Trinajstić information content (AvgIpc) is 3.16. The Morgan fingerprint density at radius 2 is 1.71 bits per heavy atom. The van der Waals surface area contributed by atoms with Crippen molar-refractivity contribution < 1.29 is 9.47 Å². The zero-order chi connectivity index (χ0) is 16.8. The summed E-state index contributed by atoms with van der Waals surface area (Å²) in [6.07, 6.45) is 3.73. The molecule has 0 radical (unpaired) electrons. The molecule has 0 aliphatic heterocycles. The van der Waals surface area contributed by atoms with Crippen LogP contribution in [0.2, 0.25) is 0 Å². The summed E-state index contributed by atoms with van der Waals surface area (Å²) >= 11 is 0. The normalized spacial score (nSPS) is 10.6. The van der Waals surface area contributed by atoms with E-state index in [-0.39, 0.29) is 0 Å². The number of aromatic nitrogens is 2. The number of nitrogens with one attached hydrogen (secondary N) is 1. The van der Waals surface area contributed by atoms with E-state index in [4.69, 9.17) is 9.47 Å². The van der Waals surface area contributed by atoms with E-state index >= 15 is 0 Å². The Bertz CT molecular complexity index is 763. The van der Waals surface area contributed by atoms with Crippen LogP contribution >= 0.6 is 0 Å². The fourth-order valence-corrected chi connectivity index (χ4v) is 2.61. The van der Waals surface area contributed by atoms with Crippen LogP contribution in [0.3, 0.4) is 0 Å². The van der Waals surface area contributed by atoms with E-state index in [9.17, 15) is 0 Å². The first kappa shape index (κ1) is 16.1. The maximum absolute atomic E-state index is 5.31. The minimum Gasteiger partial charge on any atom is -0.497 e. The molecular formula is C19H21N3O2. The first-order valence-electron chi connectivity index (χ1n) is 7.81. The maximum atomic E-state index is 5.31. The second kappa shape index (κ2) is 7.66. The molecule has 24 heavy (non-hydrogen) atoms. The van der Waals surface area contributed by atoms with Crippen LogP contribution in [-0.4, -0.2) is 24.0 Å². The second-order valence-electron chi connectivity index (χ2n) is 5.40. The smallest absolute Gasteiger partial charge is 0.122 e. The minimum atomic E-state index is 0.723. The molecule has 0 aliphatic rings. The highest BCUT2D eigenvalue weighted by Crippen LogP contribution is 2.22. The zero-order valence-corrected chi connectivity index (χ0v) is 13.9. The number of hydrogen-bond donors (Lipinski definition) is 1. The van der Waals surface area contributed by atoms with Crippen molar-refractivity contribution in [3.63, 3.8) is 0 Å². The molecular weight excluding hydrogens is 302 g/mol. The first-order chi connectivity index (χ1) is 11.8. The molecule has 0 saturated heterocycles. The van der Waals surface area contributed by atoms with Gasteiger partial charge in [0.25, 0.3) is 0 Å². The second-order valence-corrected chi connectivity index (χ2v) is 5.40. The van der Waals surface area contributed by atoms with Crippen LogP contribution in [0.25, 0.3) is 5.69 Å². The van der Waals surface area contributed by atoms with Gasteiger partial charge in [-0.2, -0.15) is 5.10 Å². The first-order valence-corrected chi connectivity index (χ1v) is 7.81. The van der Waals surface area contributed by atoms with Gasteiger partial charge < -0.3 is 14.8 Å². The van der Waals surface area contributed by atoms with E-state index in [0.717, 1.165) is 35.8 Å². The maximum Gasteiger partial charge on any atom is 0.122 e. The van der Waals surface area contributed by atoms with Crippen LogP contribution in [0.1, 0.15) is 11.1 Å². The molecule has 0 aliphatic carbocycles. The number of ether oxygens (including phenoxy) is 2. The van der Waals surface area contributed by atoms with E-state index in [1.807, 2.05) is 47.3 Å². The van der Waals surface area contributed by atoms with Crippen molar-refractivity contribution in [1.29, 1.82) is 0 Å². The molecule has 3 rings (SSSR count). The van der Waals surface area contributed by atoms with Gasteiger partial charge in [-0.3, -0.25) is 0 Å². The van der Waals surface area contributed by atoms with Crippen molar-refractivity contribution in [2.24, 2.45) is 0 Å². The highest BCUT2D eigenvalue weighted by molar-refractivity contribution is 5.41. The Hall–Kier alpha value is -2.79. The van der Waals surface area contributed by atoms with Gasteiger partial charge in [0.1, 0.15) is 11.5 Å². The van der Waals surface area contributed by atoms with Crippen molar-refractivity contribution in [1.82, 2.24) is 15.1 Å². The lowest BCUT2D eigenvalue weighted by atomic mass is 10.1. The molecule has 1 N–H and O–H groups in total. The predicted molar refractivity (Wildman–Crippen MR) is 93.7 cm³/mol. The molecule has 5 heteroatoms. The van der Waals surface area contributed by atoms with Gasteiger partial charge in [-0.05, 0) is 35.4 Å². The molecule has 0 amide bonds. The third-order valence-corrected chi connectivity index (χ3v) is 3.80. The Morgan fingerprint density at radius 3 is 2.38 bits per heavy atom. The van der Waals surface area contributed by atoms with Crippen LogP contribution in [-0.2, 0) is 13.1 Å². The minimum absolute atomic E-state index is 0.723. The summed E-state index contributed by atoms with van der Waals surface area (Å²) in [4.78, 5) is 0. The zero-order valence-electron chi connectivity index (χ0n) is 13.9. The topological polar surface area (TPSA) is 48.3 Å². The Morgan fingerprint density at radius 1 is 0.958 bits per heavy atom. The van der Waals surface area contributed by atoms with Crippen LogP contribution in [0.5, 0.6) is 11.5 Å². The SMILES string of the molecule is COc1cc(CNCc2ccccc2-n2cccn2)cc(OC)c1. The number of nitrogens with zero attached hydrogens (tertiary/aromatic N) is 2. The summed E-state index contributed by atoms with van der Waals surface area (Å²) in [6, 6.07) is 16.0. The molecule has 0 spiro atoms. The highest BCUT2D eigenvalue weighted by Gasteiger charge is 2.05. The van der Waals surface area contributed by atoms with Crippen LogP contribution < -0.4 is 14.8 Å². The highest BCUT2D eigenvalue weighted by atomic mass is 16.5. The molecule has 2 aromatic carbocycles. The molecule has 124 valence electrons. The number of benzene rings is 2. The number of para-hydroxylation sites is 1. The van der Waals surface area contributed by atoms with Crippen molar-refractivity contribution in [2.45, 2.75) is 13.1 Å². The van der Waals surface area contributed by atoms with Gasteiger partial charge >= 0.3 is 0 Å². The van der Waals surface area contributed by atoms with Gasteiger partial charge in [-0.25, -0.2) is 4.68 Å². The lowest BCUT2D eigenvalue weighted by Crippen LogP contribution is -2.14. The van der Waals surface area contributed by atoms with Gasteiger partial charge in [0, 0.05) is 31.5 Å². The van der Waals surface area contributed by atoms with Crippen molar-refractivity contribution in [2.75, 3.05) is 14.2 Å². The largest absolute Gasteiger partial charge is 0.497 e. The summed E-state index contributed by atoms with van der Waals surface area (Å²) < 4.78 is 12.5. The van der Waals surface area contributed by atoms with Gasteiger partial charge in [0.15, 0.2) is 0 Å². The van der Waals surface area contributed by atoms with Gasteiger partial charge in [-0.1, -0.05) is 18.2 Å². The Labute approximate surface area is 141 Å².